The van der Waals surface area contributed by atoms with E-state index in [9.17, 15) is 4.79 Å². The number of halogens is 1. The molecule has 0 saturated carbocycles. The van der Waals surface area contributed by atoms with E-state index in [4.69, 9.17) is 4.74 Å². The van der Waals surface area contributed by atoms with Gasteiger partial charge < -0.3 is 15.4 Å². The van der Waals surface area contributed by atoms with Gasteiger partial charge in [0.2, 0.25) is 10.1 Å². The number of anilines is 2. The summed E-state index contributed by atoms with van der Waals surface area (Å²) in [4.78, 5) is 12.1. The first-order chi connectivity index (χ1) is 10.1. The molecule has 2 rings (SSSR count). The fourth-order valence-corrected chi connectivity index (χ4v) is 2.69. The fraction of sp³-hybridized carbons (Fsp3) is 0.308. The van der Waals surface area contributed by atoms with E-state index < -0.39 is 0 Å². The minimum Gasteiger partial charge on any atom is -0.497 e. The van der Waals surface area contributed by atoms with Crippen LogP contribution in [0.2, 0.25) is 0 Å². The van der Waals surface area contributed by atoms with Crippen molar-refractivity contribution in [1.29, 1.82) is 0 Å². The van der Waals surface area contributed by atoms with E-state index in [0.717, 1.165) is 17.4 Å². The zero-order valence-corrected chi connectivity index (χ0v) is 14.0. The van der Waals surface area contributed by atoms with Crippen LogP contribution in [0.25, 0.3) is 0 Å². The summed E-state index contributed by atoms with van der Waals surface area (Å²) in [6, 6.07) is 5.34. The highest BCUT2D eigenvalue weighted by atomic mass is 79.9. The van der Waals surface area contributed by atoms with Crippen molar-refractivity contribution in [3.63, 3.8) is 0 Å². The lowest BCUT2D eigenvalue weighted by Gasteiger charge is -2.06. The Morgan fingerprint density at radius 3 is 2.90 bits per heavy atom. The number of carbonyl (C=O) groups is 1. The van der Waals surface area contributed by atoms with Gasteiger partial charge in [0, 0.05) is 22.8 Å². The van der Waals surface area contributed by atoms with Crippen molar-refractivity contribution < 1.29 is 9.53 Å². The highest BCUT2D eigenvalue weighted by Gasteiger charge is 2.13. The van der Waals surface area contributed by atoms with Crippen molar-refractivity contribution in [3.8, 4) is 5.75 Å². The molecule has 6 nitrogen and oxygen atoms in total. The maximum absolute atomic E-state index is 12.1. The number of nitrogens with one attached hydrogen (secondary N) is 2. The third-order valence-corrected chi connectivity index (χ3v) is 3.85. The molecule has 0 saturated heterocycles. The summed E-state index contributed by atoms with van der Waals surface area (Å²) >= 11 is 4.59. The number of amides is 1. The molecular formula is C13H15BrN4O2S. The minimum absolute atomic E-state index is 0.294. The molecule has 0 atom stereocenters. The summed E-state index contributed by atoms with van der Waals surface area (Å²) < 4.78 is 5.97. The number of hydrogen-bond donors (Lipinski definition) is 2. The Balaban J connectivity index is 2.07. The van der Waals surface area contributed by atoms with Gasteiger partial charge >= 0.3 is 0 Å². The third kappa shape index (κ3) is 4.40. The molecule has 112 valence electrons. The molecule has 0 fully saturated rings. The van der Waals surface area contributed by atoms with E-state index in [1.807, 2.05) is 6.07 Å². The smallest absolute Gasteiger partial charge is 0.286 e. The average molecular weight is 371 g/mol. The third-order valence-electron chi connectivity index (χ3n) is 2.51. The maximum Gasteiger partial charge on any atom is 0.286 e. The number of ether oxygens (including phenoxy) is 1. The minimum atomic E-state index is -0.294. The van der Waals surface area contributed by atoms with Crippen LogP contribution in [-0.4, -0.2) is 29.8 Å². The lowest BCUT2D eigenvalue weighted by atomic mass is 10.3. The predicted octanol–water partition coefficient (Wildman–Crippen LogP) is 3.38. The highest BCUT2D eigenvalue weighted by molar-refractivity contribution is 9.10. The first-order valence-electron chi connectivity index (χ1n) is 6.35. The van der Waals surface area contributed by atoms with Gasteiger partial charge in [0.25, 0.3) is 5.91 Å². The van der Waals surface area contributed by atoms with Crippen LogP contribution in [0.3, 0.4) is 0 Å². The van der Waals surface area contributed by atoms with Crippen molar-refractivity contribution in [2.75, 3.05) is 24.3 Å². The van der Waals surface area contributed by atoms with Crippen LogP contribution in [0.1, 0.15) is 23.1 Å². The number of methoxy groups -OCH3 is 1. The molecule has 0 bridgehead atoms. The summed E-state index contributed by atoms with van der Waals surface area (Å²) in [5.74, 6) is 0.361. The van der Waals surface area contributed by atoms with E-state index in [1.54, 1.807) is 19.2 Å². The highest BCUT2D eigenvalue weighted by Crippen LogP contribution is 2.25. The predicted molar refractivity (Wildman–Crippen MR) is 87.3 cm³/mol. The zero-order valence-electron chi connectivity index (χ0n) is 11.6. The van der Waals surface area contributed by atoms with Gasteiger partial charge in [0.15, 0.2) is 0 Å². The van der Waals surface area contributed by atoms with Crippen LogP contribution in [0, 0.1) is 0 Å². The van der Waals surface area contributed by atoms with E-state index in [0.29, 0.717) is 21.6 Å². The second kappa shape index (κ2) is 7.37. The molecule has 21 heavy (non-hydrogen) atoms. The molecule has 2 N–H and O–H groups in total. The Labute approximate surface area is 135 Å². The Bertz CT molecular complexity index is 632. The number of aromatic nitrogens is 2. The Hall–Kier alpha value is -1.67. The van der Waals surface area contributed by atoms with Crippen molar-refractivity contribution in [1.82, 2.24) is 10.2 Å². The summed E-state index contributed by atoms with van der Waals surface area (Å²) in [7, 11) is 1.57. The van der Waals surface area contributed by atoms with Gasteiger partial charge in [-0.1, -0.05) is 34.2 Å². The Morgan fingerprint density at radius 2 is 2.19 bits per heavy atom. The molecule has 0 aliphatic heterocycles. The van der Waals surface area contributed by atoms with Gasteiger partial charge in [-0.25, -0.2) is 0 Å². The molecular weight excluding hydrogens is 356 g/mol. The monoisotopic (exact) mass is 370 g/mol. The molecule has 0 aliphatic rings. The summed E-state index contributed by atoms with van der Waals surface area (Å²) in [6.45, 7) is 2.86. The van der Waals surface area contributed by atoms with Crippen molar-refractivity contribution >= 4 is 44.0 Å². The summed E-state index contributed by atoms with van der Waals surface area (Å²) in [6.07, 6.45) is 0.985. The lowest BCUT2D eigenvalue weighted by molar-refractivity contribution is 0.102. The lowest BCUT2D eigenvalue weighted by Crippen LogP contribution is -2.11. The topological polar surface area (TPSA) is 76.1 Å². The van der Waals surface area contributed by atoms with Crippen LogP contribution in [0.15, 0.2) is 22.7 Å². The second-order valence-corrected chi connectivity index (χ2v) is 6.07. The molecule has 1 amide bonds. The number of rotatable bonds is 6. The van der Waals surface area contributed by atoms with Crippen LogP contribution in [0.5, 0.6) is 5.75 Å². The first-order valence-corrected chi connectivity index (χ1v) is 7.96. The number of hydrogen-bond acceptors (Lipinski definition) is 6. The SMILES string of the molecule is CCCNc1nnc(C(=O)Nc2cc(Br)cc(OC)c2)s1. The van der Waals surface area contributed by atoms with Gasteiger partial charge in [0.05, 0.1) is 7.11 Å². The van der Waals surface area contributed by atoms with Crippen LogP contribution in [-0.2, 0) is 0 Å². The van der Waals surface area contributed by atoms with Crippen molar-refractivity contribution in [2.45, 2.75) is 13.3 Å². The van der Waals surface area contributed by atoms with E-state index >= 15 is 0 Å². The molecule has 0 spiro atoms. The standard InChI is InChI=1S/C13H15BrN4O2S/c1-3-4-15-13-18-17-12(21-13)11(19)16-9-5-8(14)6-10(7-9)20-2/h5-7H,3-4H2,1-2H3,(H,15,18)(H,16,19). The molecule has 0 unspecified atom stereocenters. The number of benzene rings is 1. The maximum atomic E-state index is 12.1. The van der Waals surface area contributed by atoms with Gasteiger partial charge in [-0.2, -0.15) is 0 Å². The Kier molecular flexibility index (Phi) is 5.51. The van der Waals surface area contributed by atoms with Crippen LogP contribution < -0.4 is 15.4 Å². The normalized spacial score (nSPS) is 10.2. The first kappa shape index (κ1) is 15.7. The largest absolute Gasteiger partial charge is 0.497 e. The van der Waals surface area contributed by atoms with Gasteiger partial charge in [-0.3, -0.25) is 4.79 Å². The van der Waals surface area contributed by atoms with Crippen molar-refractivity contribution in [2.24, 2.45) is 0 Å². The summed E-state index contributed by atoms with van der Waals surface area (Å²) in [5, 5.41) is 14.6. The molecule has 0 radical (unpaired) electrons. The number of carbonyl (C=O) groups excluding carboxylic acids is 1. The quantitative estimate of drug-likeness (QED) is 0.814. The van der Waals surface area contributed by atoms with Crippen LogP contribution >= 0.6 is 27.3 Å². The van der Waals surface area contributed by atoms with E-state index in [2.05, 4.69) is 43.7 Å². The molecule has 1 aromatic heterocycles. The van der Waals surface area contributed by atoms with Crippen LogP contribution in [0.4, 0.5) is 10.8 Å². The van der Waals surface area contributed by atoms with Gasteiger partial charge in [-0.15, -0.1) is 10.2 Å². The van der Waals surface area contributed by atoms with E-state index in [-0.39, 0.29) is 5.91 Å². The number of nitrogens with zero attached hydrogens (tertiary/aromatic N) is 2. The summed E-state index contributed by atoms with van der Waals surface area (Å²) in [5.41, 5.74) is 0.629. The molecule has 1 heterocycles. The van der Waals surface area contributed by atoms with E-state index in [1.165, 1.54) is 11.3 Å². The molecule has 0 aliphatic carbocycles. The molecule has 1 aromatic carbocycles. The average Bonchev–Trinajstić information content (AvgIpc) is 2.93. The Morgan fingerprint density at radius 1 is 1.38 bits per heavy atom. The van der Waals surface area contributed by atoms with Gasteiger partial charge in [0.1, 0.15) is 5.75 Å². The fourth-order valence-electron chi connectivity index (χ4n) is 1.56. The van der Waals surface area contributed by atoms with Crippen molar-refractivity contribution in [3.05, 3.63) is 27.7 Å². The van der Waals surface area contributed by atoms with Gasteiger partial charge in [-0.05, 0) is 18.6 Å². The molecule has 8 heteroatoms. The second-order valence-electron chi connectivity index (χ2n) is 4.17. The zero-order chi connectivity index (χ0) is 15.2. The molecule has 2 aromatic rings.